The molecule has 0 aliphatic carbocycles. The lowest BCUT2D eigenvalue weighted by molar-refractivity contribution is 0.568. The van der Waals surface area contributed by atoms with Crippen LogP contribution < -0.4 is 5.32 Å². The Morgan fingerprint density at radius 3 is 3.00 bits per heavy atom. The first-order chi connectivity index (χ1) is 9.83. The predicted octanol–water partition coefficient (Wildman–Crippen LogP) is 3.05. The Hall–Kier alpha value is -2.69. The highest BCUT2D eigenvalue weighted by atomic mass is 16.4. The van der Waals surface area contributed by atoms with Gasteiger partial charge in [0.1, 0.15) is 0 Å². The molecule has 3 aromatic rings. The molecule has 1 N–H and O–H groups in total. The molecule has 2 aromatic heterocycles. The van der Waals surface area contributed by atoms with Gasteiger partial charge in [0, 0.05) is 30.2 Å². The van der Waals surface area contributed by atoms with Gasteiger partial charge in [0.2, 0.25) is 12.3 Å². The molecule has 1 aromatic carbocycles. The average molecular weight is 266 g/mol. The summed E-state index contributed by atoms with van der Waals surface area (Å²) in [6, 6.07) is 9.89. The first kappa shape index (κ1) is 12.3. The van der Waals surface area contributed by atoms with Crippen LogP contribution in [0.3, 0.4) is 0 Å². The number of anilines is 1. The molecular formula is C15H14N4O. The topological polar surface area (TPSA) is 63.8 Å². The van der Waals surface area contributed by atoms with Gasteiger partial charge in [-0.05, 0) is 42.3 Å². The summed E-state index contributed by atoms with van der Waals surface area (Å²) in [7, 11) is 0. The van der Waals surface area contributed by atoms with E-state index in [2.05, 4.69) is 27.4 Å². The SMILES string of the molecule is Cc1ccncc1CNc1cccc(-c2nnco2)c1. The van der Waals surface area contributed by atoms with Crippen molar-refractivity contribution >= 4 is 5.69 Å². The maximum absolute atomic E-state index is 5.20. The molecule has 0 fully saturated rings. The second-order valence-electron chi connectivity index (χ2n) is 4.48. The molecule has 2 heterocycles. The van der Waals surface area contributed by atoms with Gasteiger partial charge in [-0.25, -0.2) is 0 Å². The molecule has 0 aliphatic rings. The van der Waals surface area contributed by atoms with Gasteiger partial charge in [0.05, 0.1) is 0 Å². The van der Waals surface area contributed by atoms with Crippen molar-refractivity contribution in [3.8, 4) is 11.5 Å². The van der Waals surface area contributed by atoms with E-state index in [9.17, 15) is 0 Å². The highest BCUT2D eigenvalue weighted by Gasteiger charge is 2.04. The van der Waals surface area contributed by atoms with Crippen LogP contribution in [0.4, 0.5) is 5.69 Å². The summed E-state index contributed by atoms with van der Waals surface area (Å²) in [5.41, 5.74) is 4.30. The molecule has 0 radical (unpaired) electrons. The number of aryl methyl sites for hydroxylation is 1. The molecule has 0 amide bonds. The van der Waals surface area contributed by atoms with Crippen molar-refractivity contribution in [3.05, 3.63) is 60.2 Å². The molecule has 0 spiro atoms. The van der Waals surface area contributed by atoms with Crippen molar-refractivity contribution in [1.29, 1.82) is 0 Å². The van der Waals surface area contributed by atoms with Crippen molar-refractivity contribution in [2.24, 2.45) is 0 Å². The molecule has 20 heavy (non-hydrogen) atoms. The van der Waals surface area contributed by atoms with E-state index in [1.54, 1.807) is 6.20 Å². The number of rotatable bonds is 4. The van der Waals surface area contributed by atoms with Gasteiger partial charge in [0.15, 0.2) is 0 Å². The second kappa shape index (κ2) is 5.52. The number of aromatic nitrogens is 3. The molecule has 0 atom stereocenters. The zero-order chi connectivity index (χ0) is 13.8. The lowest BCUT2D eigenvalue weighted by Crippen LogP contribution is -2.01. The quantitative estimate of drug-likeness (QED) is 0.786. The summed E-state index contributed by atoms with van der Waals surface area (Å²) in [6.07, 6.45) is 5.01. The minimum Gasteiger partial charge on any atom is -0.423 e. The Morgan fingerprint density at radius 1 is 1.25 bits per heavy atom. The third kappa shape index (κ3) is 2.66. The van der Waals surface area contributed by atoms with Crippen LogP contribution in [0.15, 0.2) is 53.5 Å². The zero-order valence-electron chi connectivity index (χ0n) is 11.1. The highest BCUT2D eigenvalue weighted by Crippen LogP contribution is 2.20. The fourth-order valence-electron chi connectivity index (χ4n) is 1.94. The van der Waals surface area contributed by atoms with Crippen LogP contribution in [-0.4, -0.2) is 15.2 Å². The van der Waals surface area contributed by atoms with E-state index >= 15 is 0 Å². The van der Waals surface area contributed by atoms with E-state index in [-0.39, 0.29) is 0 Å². The average Bonchev–Trinajstić information content (AvgIpc) is 3.01. The van der Waals surface area contributed by atoms with Crippen molar-refractivity contribution in [3.63, 3.8) is 0 Å². The van der Waals surface area contributed by atoms with Crippen LogP contribution in [0.2, 0.25) is 0 Å². The lowest BCUT2D eigenvalue weighted by atomic mass is 10.1. The molecule has 5 nitrogen and oxygen atoms in total. The van der Waals surface area contributed by atoms with Crippen molar-refractivity contribution < 1.29 is 4.42 Å². The summed E-state index contributed by atoms with van der Waals surface area (Å²) in [4.78, 5) is 4.14. The first-order valence-electron chi connectivity index (χ1n) is 6.33. The van der Waals surface area contributed by atoms with E-state index in [0.29, 0.717) is 5.89 Å². The summed E-state index contributed by atoms with van der Waals surface area (Å²) in [5, 5.41) is 11.0. The Balaban J connectivity index is 1.75. The normalized spacial score (nSPS) is 10.4. The van der Waals surface area contributed by atoms with Gasteiger partial charge in [-0.15, -0.1) is 10.2 Å². The van der Waals surface area contributed by atoms with Crippen molar-refractivity contribution in [1.82, 2.24) is 15.2 Å². The number of pyridine rings is 1. The Morgan fingerprint density at radius 2 is 2.20 bits per heavy atom. The number of benzene rings is 1. The maximum atomic E-state index is 5.20. The lowest BCUT2D eigenvalue weighted by Gasteiger charge is -2.09. The number of nitrogens with zero attached hydrogens (tertiary/aromatic N) is 3. The Labute approximate surface area is 116 Å². The number of nitrogens with one attached hydrogen (secondary N) is 1. The van der Waals surface area contributed by atoms with Gasteiger partial charge < -0.3 is 9.73 Å². The Kier molecular flexibility index (Phi) is 3.41. The van der Waals surface area contributed by atoms with Crippen LogP contribution in [0.5, 0.6) is 0 Å². The molecule has 0 bridgehead atoms. The van der Waals surface area contributed by atoms with Crippen LogP contribution in [-0.2, 0) is 6.54 Å². The first-order valence-corrected chi connectivity index (χ1v) is 6.33. The molecule has 3 rings (SSSR count). The molecule has 0 aliphatic heterocycles. The fourth-order valence-corrected chi connectivity index (χ4v) is 1.94. The van der Waals surface area contributed by atoms with E-state index in [4.69, 9.17) is 4.42 Å². The second-order valence-corrected chi connectivity index (χ2v) is 4.48. The summed E-state index contributed by atoms with van der Waals surface area (Å²) in [6.45, 7) is 2.81. The minimum atomic E-state index is 0.520. The van der Waals surface area contributed by atoms with Crippen LogP contribution >= 0.6 is 0 Å². The van der Waals surface area contributed by atoms with Gasteiger partial charge in [-0.2, -0.15) is 0 Å². The predicted molar refractivity (Wildman–Crippen MR) is 76.0 cm³/mol. The van der Waals surface area contributed by atoms with Crippen LogP contribution in [0.1, 0.15) is 11.1 Å². The van der Waals surface area contributed by atoms with Gasteiger partial charge in [-0.3, -0.25) is 4.98 Å². The standard InChI is InChI=1S/C15H14N4O/c1-11-5-6-16-8-13(11)9-17-14-4-2-3-12(7-14)15-19-18-10-20-15/h2-8,10,17H,9H2,1H3. The van der Waals surface area contributed by atoms with Crippen LogP contribution in [0, 0.1) is 6.92 Å². The van der Waals surface area contributed by atoms with Gasteiger partial charge in [-0.1, -0.05) is 6.07 Å². The minimum absolute atomic E-state index is 0.520. The van der Waals surface area contributed by atoms with Crippen LogP contribution in [0.25, 0.3) is 11.5 Å². The smallest absolute Gasteiger partial charge is 0.247 e. The van der Waals surface area contributed by atoms with E-state index in [1.807, 2.05) is 36.5 Å². The van der Waals surface area contributed by atoms with Crippen molar-refractivity contribution in [2.45, 2.75) is 13.5 Å². The largest absolute Gasteiger partial charge is 0.423 e. The molecule has 0 saturated heterocycles. The number of hydrogen-bond donors (Lipinski definition) is 1. The fraction of sp³-hybridized carbons (Fsp3) is 0.133. The summed E-state index contributed by atoms with van der Waals surface area (Å²) in [5.74, 6) is 0.520. The molecule has 0 saturated carbocycles. The van der Waals surface area contributed by atoms with E-state index < -0.39 is 0 Å². The van der Waals surface area contributed by atoms with E-state index in [1.165, 1.54) is 17.5 Å². The molecule has 5 heteroatoms. The molecule has 0 unspecified atom stereocenters. The van der Waals surface area contributed by atoms with Gasteiger partial charge in [0.25, 0.3) is 0 Å². The third-order valence-electron chi connectivity index (χ3n) is 3.10. The summed E-state index contributed by atoms with van der Waals surface area (Å²) >= 11 is 0. The maximum Gasteiger partial charge on any atom is 0.247 e. The molecular weight excluding hydrogens is 252 g/mol. The summed E-state index contributed by atoms with van der Waals surface area (Å²) < 4.78 is 5.20. The van der Waals surface area contributed by atoms with Gasteiger partial charge >= 0.3 is 0 Å². The number of hydrogen-bond acceptors (Lipinski definition) is 5. The Bertz CT molecular complexity index is 695. The monoisotopic (exact) mass is 266 g/mol. The zero-order valence-corrected chi connectivity index (χ0v) is 11.1. The molecule has 100 valence electrons. The third-order valence-corrected chi connectivity index (χ3v) is 3.10. The van der Waals surface area contributed by atoms with E-state index in [0.717, 1.165) is 17.8 Å². The van der Waals surface area contributed by atoms with Crippen molar-refractivity contribution in [2.75, 3.05) is 5.32 Å². The highest BCUT2D eigenvalue weighted by molar-refractivity contribution is 5.60.